The molecule has 0 radical (unpaired) electrons. The molecule has 0 saturated carbocycles. The van der Waals surface area contributed by atoms with E-state index in [9.17, 15) is 12.8 Å². The average molecular weight is 369 g/mol. The van der Waals surface area contributed by atoms with E-state index in [1.807, 2.05) is 44.2 Å². The van der Waals surface area contributed by atoms with E-state index < -0.39 is 21.9 Å². The highest BCUT2D eigenvalue weighted by molar-refractivity contribution is 7.92. The van der Waals surface area contributed by atoms with E-state index in [0.717, 1.165) is 11.1 Å². The molecule has 26 heavy (non-hydrogen) atoms. The van der Waals surface area contributed by atoms with Crippen molar-refractivity contribution in [2.45, 2.75) is 24.8 Å². The van der Waals surface area contributed by atoms with Crippen LogP contribution in [0.5, 0.6) is 0 Å². The van der Waals surface area contributed by atoms with Crippen LogP contribution in [0.1, 0.15) is 24.1 Å². The van der Waals surface area contributed by atoms with Gasteiger partial charge in [0.15, 0.2) is 0 Å². The molecule has 5 heteroatoms. The molecular weight excluding hydrogens is 349 g/mol. The molecular formula is C21H20FNO2S. The number of aryl methyl sites for hydroxylation is 1. The molecule has 3 nitrogen and oxygen atoms in total. The molecule has 1 atom stereocenters. The van der Waals surface area contributed by atoms with Crippen molar-refractivity contribution in [1.29, 1.82) is 0 Å². The number of rotatable bonds is 5. The van der Waals surface area contributed by atoms with E-state index >= 15 is 0 Å². The van der Waals surface area contributed by atoms with Gasteiger partial charge < -0.3 is 0 Å². The quantitative estimate of drug-likeness (QED) is 0.628. The zero-order valence-corrected chi connectivity index (χ0v) is 15.4. The number of nitrogens with zero attached hydrogens (tertiary/aromatic N) is 1. The lowest BCUT2D eigenvalue weighted by Crippen LogP contribution is -2.33. The molecule has 0 aromatic heterocycles. The first-order chi connectivity index (χ1) is 12.4. The molecule has 0 heterocycles. The van der Waals surface area contributed by atoms with Crippen molar-refractivity contribution in [2.75, 3.05) is 4.31 Å². The molecule has 0 unspecified atom stereocenters. The first-order valence-corrected chi connectivity index (χ1v) is 9.75. The van der Waals surface area contributed by atoms with Gasteiger partial charge >= 0.3 is 0 Å². The Bertz CT molecular complexity index is 969. The SMILES string of the molecule is Cc1ccc(S(=O)(=O)N(c2ccc(F)cc2)[C@H](C)c2ccccc2)cc1. The van der Waals surface area contributed by atoms with Crippen LogP contribution < -0.4 is 4.31 Å². The molecule has 0 N–H and O–H groups in total. The summed E-state index contributed by atoms with van der Waals surface area (Å²) >= 11 is 0. The van der Waals surface area contributed by atoms with Crippen molar-refractivity contribution in [3.63, 3.8) is 0 Å². The summed E-state index contributed by atoms with van der Waals surface area (Å²) in [5, 5.41) is 0. The third kappa shape index (κ3) is 3.63. The molecule has 0 aliphatic heterocycles. The highest BCUT2D eigenvalue weighted by Crippen LogP contribution is 2.33. The van der Waals surface area contributed by atoms with E-state index in [-0.39, 0.29) is 4.90 Å². The summed E-state index contributed by atoms with van der Waals surface area (Å²) in [6, 6.07) is 21.2. The van der Waals surface area contributed by atoms with Crippen LogP contribution in [-0.2, 0) is 10.0 Å². The van der Waals surface area contributed by atoms with Gasteiger partial charge in [0.1, 0.15) is 5.82 Å². The maximum atomic E-state index is 13.4. The predicted molar refractivity (Wildman–Crippen MR) is 102 cm³/mol. The Morgan fingerprint density at radius 2 is 1.42 bits per heavy atom. The van der Waals surface area contributed by atoms with E-state index in [1.165, 1.54) is 28.6 Å². The standard InChI is InChI=1S/C21H20FNO2S/c1-16-8-14-21(15-9-16)26(24,25)23(20-12-10-19(22)11-13-20)17(2)18-6-4-3-5-7-18/h3-15,17H,1-2H3/t17-/m1/s1. The van der Waals surface area contributed by atoms with Gasteiger partial charge in [-0.3, -0.25) is 4.31 Å². The second kappa shape index (κ2) is 7.30. The molecule has 0 amide bonds. The Kier molecular flexibility index (Phi) is 5.09. The number of anilines is 1. The summed E-state index contributed by atoms with van der Waals surface area (Å²) in [5.41, 5.74) is 2.25. The number of halogens is 1. The topological polar surface area (TPSA) is 37.4 Å². The summed E-state index contributed by atoms with van der Waals surface area (Å²) < 4.78 is 41.5. The molecule has 134 valence electrons. The monoisotopic (exact) mass is 369 g/mol. The van der Waals surface area contributed by atoms with E-state index in [1.54, 1.807) is 24.3 Å². The molecule has 0 spiro atoms. The van der Waals surface area contributed by atoms with Crippen LogP contribution in [0.3, 0.4) is 0 Å². The van der Waals surface area contributed by atoms with Crippen molar-refractivity contribution in [2.24, 2.45) is 0 Å². The van der Waals surface area contributed by atoms with E-state index in [2.05, 4.69) is 0 Å². The van der Waals surface area contributed by atoms with Gasteiger partial charge in [-0.1, -0.05) is 48.0 Å². The molecule has 0 bridgehead atoms. The summed E-state index contributed by atoms with van der Waals surface area (Å²) in [6.45, 7) is 3.73. The van der Waals surface area contributed by atoms with Crippen LogP contribution in [-0.4, -0.2) is 8.42 Å². The van der Waals surface area contributed by atoms with Crippen LogP contribution in [0, 0.1) is 12.7 Å². The van der Waals surface area contributed by atoms with Crippen LogP contribution in [0.25, 0.3) is 0 Å². The zero-order chi connectivity index (χ0) is 18.7. The average Bonchev–Trinajstić information content (AvgIpc) is 2.64. The fourth-order valence-corrected chi connectivity index (χ4v) is 4.49. The van der Waals surface area contributed by atoms with Gasteiger partial charge in [-0.05, 0) is 55.8 Å². The number of benzene rings is 3. The third-order valence-electron chi connectivity index (χ3n) is 4.29. The Balaban J connectivity index is 2.13. The summed E-state index contributed by atoms with van der Waals surface area (Å²) in [4.78, 5) is 0.204. The van der Waals surface area contributed by atoms with E-state index in [0.29, 0.717) is 5.69 Å². The lowest BCUT2D eigenvalue weighted by Gasteiger charge is -2.31. The minimum absolute atomic E-state index is 0.204. The Morgan fingerprint density at radius 1 is 0.846 bits per heavy atom. The number of sulfonamides is 1. The highest BCUT2D eigenvalue weighted by atomic mass is 32.2. The van der Waals surface area contributed by atoms with Crippen LogP contribution in [0.4, 0.5) is 10.1 Å². The molecule has 0 saturated heterocycles. The molecule has 3 aromatic carbocycles. The maximum Gasteiger partial charge on any atom is 0.264 e. The first kappa shape index (κ1) is 18.1. The lowest BCUT2D eigenvalue weighted by atomic mass is 10.1. The van der Waals surface area contributed by atoms with Gasteiger partial charge in [-0.25, -0.2) is 12.8 Å². The Morgan fingerprint density at radius 3 is 2.00 bits per heavy atom. The first-order valence-electron chi connectivity index (χ1n) is 8.31. The van der Waals surface area contributed by atoms with Gasteiger partial charge in [0.05, 0.1) is 16.6 Å². The minimum atomic E-state index is -3.82. The number of hydrogen-bond acceptors (Lipinski definition) is 2. The van der Waals surface area contributed by atoms with Crippen molar-refractivity contribution >= 4 is 15.7 Å². The third-order valence-corrected chi connectivity index (χ3v) is 6.21. The number of hydrogen-bond donors (Lipinski definition) is 0. The fourth-order valence-electron chi connectivity index (χ4n) is 2.85. The van der Waals surface area contributed by atoms with Crippen molar-refractivity contribution in [3.05, 3.63) is 95.8 Å². The smallest absolute Gasteiger partial charge is 0.259 e. The van der Waals surface area contributed by atoms with Gasteiger partial charge in [0, 0.05) is 0 Å². The molecule has 3 rings (SSSR count). The normalized spacial score (nSPS) is 12.6. The van der Waals surface area contributed by atoms with Crippen LogP contribution >= 0.6 is 0 Å². The van der Waals surface area contributed by atoms with Crippen molar-refractivity contribution in [3.8, 4) is 0 Å². The predicted octanol–water partition coefficient (Wildman–Crippen LogP) is 5.09. The molecule has 3 aromatic rings. The molecule has 0 aliphatic rings. The summed E-state index contributed by atoms with van der Waals surface area (Å²) in [5.74, 6) is -0.409. The maximum absolute atomic E-state index is 13.4. The van der Waals surface area contributed by atoms with Gasteiger partial charge in [0.25, 0.3) is 10.0 Å². The second-order valence-electron chi connectivity index (χ2n) is 6.18. The minimum Gasteiger partial charge on any atom is -0.259 e. The Labute approximate surface area is 153 Å². The lowest BCUT2D eigenvalue weighted by molar-refractivity contribution is 0.582. The fraction of sp³-hybridized carbons (Fsp3) is 0.143. The largest absolute Gasteiger partial charge is 0.264 e. The Hall–Kier alpha value is -2.66. The highest BCUT2D eigenvalue weighted by Gasteiger charge is 2.30. The van der Waals surface area contributed by atoms with Crippen LogP contribution in [0.2, 0.25) is 0 Å². The van der Waals surface area contributed by atoms with Gasteiger partial charge in [-0.15, -0.1) is 0 Å². The van der Waals surface area contributed by atoms with Gasteiger partial charge in [-0.2, -0.15) is 0 Å². The van der Waals surface area contributed by atoms with Gasteiger partial charge in [0.2, 0.25) is 0 Å². The molecule has 0 fully saturated rings. The molecule has 0 aliphatic carbocycles. The summed E-state index contributed by atoms with van der Waals surface area (Å²) in [7, 11) is -3.82. The second-order valence-corrected chi connectivity index (χ2v) is 7.99. The zero-order valence-electron chi connectivity index (χ0n) is 14.6. The van der Waals surface area contributed by atoms with Crippen molar-refractivity contribution < 1.29 is 12.8 Å². The summed E-state index contributed by atoms with van der Waals surface area (Å²) in [6.07, 6.45) is 0. The van der Waals surface area contributed by atoms with Crippen molar-refractivity contribution in [1.82, 2.24) is 0 Å². The van der Waals surface area contributed by atoms with Crippen LogP contribution in [0.15, 0.2) is 83.8 Å². The van der Waals surface area contributed by atoms with E-state index in [4.69, 9.17) is 0 Å².